The van der Waals surface area contributed by atoms with Gasteiger partial charge in [-0.15, -0.1) is 0 Å². The van der Waals surface area contributed by atoms with Crippen molar-refractivity contribution in [3.8, 4) is 0 Å². The van der Waals surface area contributed by atoms with Gasteiger partial charge >= 0.3 is 11.9 Å². The average molecular weight is 258 g/mol. The molecule has 0 saturated heterocycles. The van der Waals surface area contributed by atoms with Crippen molar-refractivity contribution >= 4 is 22.8 Å². The summed E-state index contributed by atoms with van der Waals surface area (Å²) in [4.78, 5) is 26.9. The lowest BCUT2D eigenvalue weighted by molar-refractivity contribution is -0.154. The zero-order chi connectivity index (χ0) is 13.7. The molecule has 1 heterocycles. The molecule has 1 aromatic carbocycles. The van der Waals surface area contributed by atoms with Gasteiger partial charge in [0.1, 0.15) is 0 Å². The van der Waals surface area contributed by atoms with E-state index in [1.165, 1.54) is 0 Å². The van der Waals surface area contributed by atoms with Gasteiger partial charge in [0.2, 0.25) is 0 Å². The first-order valence-electron chi connectivity index (χ1n) is 6.00. The molecule has 0 spiro atoms. The number of para-hydroxylation sites is 1. The van der Waals surface area contributed by atoms with Crippen molar-refractivity contribution in [2.45, 2.75) is 13.5 Å². The molecule has 1 aromatic heterocycles. The third-order valence-corrected chi connectivity index (χ3v) is 2.55. The van der Waals surface area contributed by atoms with E-state index in [4.69, 9.17) is 0 Å². The first-order chi connectivity index (χ1) is 9.20. The Kier molecular flexibility index (Phi) is 4.07. The summed E-state index contributed by atoms with van der Waals surface area (Å²) in [6.07, 6.45) is 0. The Labute approximate surface area is 110 Å². The normalized spacial score (nSPS) is 10.2. The van der Waals surface area contributed by atoms with Gasteiger partial charge in [0.25, 0.3) is 0 Å². The Hall–Kier alpha value is -2.43. The van der Waals surface area contributed by atoms with Gasteiger partial charge in [0, 0.05) is 5.39 Å². The zero-order valence-corrected chi connectivity index (χ0v) is 10.6. The van der Waals surface area contributed by atoms with E-state index in [9.17, 15) is 9.59 Å². The van der Waals surface area contributed by atoms with Gasteiger partial charge in [-0.2, -0.15) is 0 Å². The van der Waals surface area contributed by atoms with Crippen molar-refractivity contribution in [3.05, 3.63) is 42.1 Å². The van der Waals surface area contributed by atoms with E-state index in [1.807, 2.05) is 36.4 Å². The molecule has 0 unspecified atom stereocenters. The van der Waals surface area contributed by atoms with Gasteiger partial charge in [-0.1, -0.05) is 24.3 Å². The minimum Gasteiger partial charge on any atom is -0.459 e. The van der Waals surface area contributed by atoms with E-state index in [0.29, 0.717) is 5.69 Å². The van der Waals surface area contributed by atoms with E-state index >= 15 is 0 Å². The first kappa shape index (κ1) is 13.0. The fraction of sp³-hybridized carbons (Fsp3) is 0.214. The van der Waals surface area contributed by atoms with E-state index in [-0.39, 0.29) is 13.2 Å². The number of carbonyl (C=O) groups excluding carboxylic acids is 2. The highest BCUT2D eigenvalue weighted by atomic mass is 16.5. The summed E-state index contributed by atoms with van der Waals surface area (Å²) < 4.78 is 4.59. The van der Waals surface area contributed by atoms with Gasteiger partial charge in [-0.05, 0) is 19.1 Å². The van der Waals surface area contributed by atoms with Crippen molar-refractivity contribution in [3.63, 3.8) is 0 Å². The smallest absolute Gasteiger partial charge is 0.396 e. The van der Waals surface area contributed by atoms with Crippen LogP contribution in [0.3, 0.4) is 0 Å². The van der Waals surface area contributed by atoms with E-state index < -0.39 is 11.9 Å². The highest BCUT2D eigenvalue weighted by Crippen LogP contribution is 2.11. The summed E-state index contributed by atoms with van der Waals surface area (Å²) in [6, 6.07) is 11.4. The molecule has 19 heavy (non-hydrogen) atoms. The van der Waals surface area contributed by atoms with Gasteiger partial charge in [0.05, 0.1) is 24.4 Å². The summed E-state index contributed by atoms with van der Waals surface area (Å²) in [7, 11) is 0. The van der Waals surface area contributed by atoms with Crippen molar-refractivity contribution in [1.29, 1.82) is 0 Å². The Balaban J connectivity index is 2.02. The molecule has 0 saturated carbocycles. The number of nitrogens with one attached hydrogen (secondary N) is 1. The molecule has 2 aromatic rings. The van der Waals surface area contributed by atoms with Crippen LogP contribution < -0.4 is 5.32 Å². The standard InChI is InChI=1S/C14H14N2O3/c1-2-19-14(18)13(17)15-9-11-8-7-10-5-3-4-6-12(10)16-11/h3-8H,2,9H2,1H3,(H,15,17). The first-order valence-corrected chi connectivity index (χ1v) is 6.00. The van der Waals surface area contributed by atoms with Crippen molar-refractivity contribution in [2.24, 2.45) is 0 Å². The second kappa shape index (κ2) is 5.95. The molecule has 98 valence electrons. The maximum atomic E-state index is 11.4. The summed E-state index contributed by atoms with van der Waals surface area (Å²) in [5.74, 6) is -1.62. The monoisotopic (exact) mass is 258 g/mol. The van der Waals surface area contributed by atoms with Crippen LogP contribution in [-0.2, 0) is 20.9 Å². The number of rotatable bonds is 3. The van der Waals surface area contributed by atoms with Crippen LogP contribution in [0.25, 0.3) is 10.9 Å². The number of pyridine rings is 1. The Morgan fingerprint density at radius 2 is 2.00 bits per heavy atom. The number of hydrogen-bond donors (Lipinski definition) is 1. The number of aromatic nitrogens is 1. The summed E-state index contributed by atoms with van der Waals surface area (Å²) in [5, 5.41) is 3.50. The molecule has 0 atom stereocenters. The van der Waals surface area contributed by atoms with Crippen molar-refractivity contribution in [1.82, 2.24) is 10.3 Å². The lowest BCUT2D eigenvalue weighted by atomic mass is 10.2. The third-order valence-electron chi connectivity index (χ3n) is 2.55. The minimum absolute atomic E-state index is 0.181. The van der Waals surface area contributed by atoms with Gasteiger partial charge in [-0.25, -0.2) is 4.79 Å². The lowest BCUT2D eigenvalue weighted by Gasteiger charge is -2.05. The maximum absolute atomic E-state index is 11.4. The van der Waals surface area contributed by atoms with Crippen LogP contribution in [0.5, 0.6) is 0 Å². The minimum atomic E-state index is -0.872. The molecule has 0 fully saturated rings. The highest BCUT2D eigenvalue weighted by molar-refractivity contribution is 6.32. The number of amides is 1. The third kappa shape index (κ3) is 3.28. The van der Waals surface area contributed by atoms with Crippen LogP contribution in [0.15, 0.2) is 36.4 Å². The number of esters is 1. The fourth-order valence-electron chi connectivity index (χ4n) is 1.65. The second-order valence-electron chi connectivity index (χ2n) is 3.90. The topological polar surface area (TPSA) is 68.3 Å². The summed E-state index contributed by atoms with van der Waals surface area (Å²) in [6.45, 7) is 2.03. The second-order valence-corrected chi connectivity index (χ2v) is 3.90. The van der Waals surface area contributed by atoms with Gasteiger partial charge < -0.3 is 10.1 Å². The molecule has 5 heteroatoms. The largest absolute Gasteiger partial charge is 0.459 e. The van der Waals surface area contributed by atoms with Crippen molar-refractivity contribution < 1.29 is 14.3 Å². The number of benzene rings is 1. The number of nitrogens with zero attached hydrogens (tertiary/aromatic N) is 1. The van der Waals surface area contributed by atoms with E-state index in [2.05, 4.69) is 15.0 Å². The Bertz CT molecular complexity index is 610. The van der Waals surface area contributed by atoms with E-state index in [1.54, 1.807) is 6.92 Å². The van der Waals surface area contributed by atoms with E-state index in [0.717, 1.165) is 10.9 Å². The van der Waals surface area contributed by atoms with Gasteiger partial charge in [0.15, 0.2) is 0 Å². The molecule has 2 rings (SSSR count). The molecule has 1 N–H and O–H groups in total. The summed E-state index contributed by atoms with van der Waals surface area (Å²) >= 11 is 0. The Morgan fingerprint density at radius 3 is 2.79 bits per heavy atom. The van der Waals surface area contributed by atoms with Crippen LogP contribution in [0, 0.1) is 0 Å². The van der Waals surface area contributed by atoms with Gasteiger partial charge in [-0.3, -0.25) is 9.78 Å². The Morgan fingerprint density at radius 1 is 1.21 bits per heavy atom. The van der Waals surface area contributed by atoms with Crippen LogP contribution in [0.4, 0.5) is 0 Å². The SMILES string of the molecule is CCOC(=O)C(=O)NCc1ccc2ccccc2n1. The molecular weight excluding hydrogens is 244 g/mol. The fourth-order valence-corrected chi connectivity index (χ4v) is 1.65. The number of carbonyl (C=O) groups is 2. The molecular formula is C14H14N2O3. The molecule has 0 aliphatic carbocycles. The molecule has 0 bridgehead atoms. The molecule has 0 radical (unpaired) electrons. The maximum Gasteiger partial charge on any atom is 0.396 e. The molecule has 5 nitrogen and oxygen atoms in total. The molecule has 1 amide bonds. The number of hydrogen-bond acceptors (Lipinski definition) is 4. The van der Waals surface area contributed by atoms with Crippen LogP contribution in [-0.4, -0.2) is 23.5 Å². The average Bonchev–Trinajstić information content (AvgIpc) is 2.44. The number of fused-ring (bicyclic) bond motifs is 1. The number of ether oxygens (including phenoxy) is 1. The molecule has 0 aliphatic heterocycles. The zero-order valence-electron chi connectivity index (χ0n) is 10.6. The summed E-state index contributed by atoms with van der Waals surface area (Å²) in [5.41, 5.74) is 1.54. The predicted octanol–water partition coefficient (Wildman–Crippen LogP) is 1.41. The molecule has 0 aliphatic rings. The highest BCUT2D eigenvalue weighted by Gasteiger charge is 2.13. The lowest BCUT2D eigenvalue weighted by Crippen LogP contribution is -2.32. The predicted molar refractivity (Wildman–Crippen MR) is 70.2 cm³/mol. The van der Waals surface area contributed by atoms with Crippen LogP contribution in [0.1, 0.15) is 12.6 Å². The quantitative estimate of drug-likeness (QED) is 0.667. The van der Waals surface area contributed by atoms with Crippen LogP contribution in [0.2, 0.25) is 0 Å². The van der Waals surface area contributed by atoms with Crippen LogP contribution >= 0.6 is 0 Å². The van der Waals surface area contributed by atoms with Crippen molar-refractivity contribution in [2.75, 3.05) is 6.61 Å².